The number of benzene rings is 2. The molecule has 3 N–H and O–H groups in total. The number of ether oxygens (including phenoxy) is 5. The largest absolute Gasteiger partial charge is 0.494 e. The van der Waals surface area contributed by atoms with E-state index < -0.39 is 30.4 Å². The van der Waals surface area contributed by atoms with Crippen LogP contribution < -0.4 is 15.5 Å². The molecule has 0 radical (unpaired) electrons. The van der Waals surface area contributed by atoms with Gasteiger partial charge in [0, 0.05) is 31.0 Å². The van der Waals surface area contributed by atoms with Gasteiger partial charge in [-0.25, -0.2) is 14.6 Å². The lowest BCUT2D eigenvalue weighted by molar-refractivity contribution is -0.0907. The fraction of sp³-hybridized carbons (Fsp3) is 0.421. The zero-order chi connectivity index (χ0) is 36.1. The molecule has 4 aromatic rings. The zero-order valence-corrected chi connectivity index (χ0v) is 29.9. The molecule has 276 valence electrons. The van der Waals surface area contributed by atoms with E-state index in [-0.39, 0.29) is 44.9 Å². The molecule has 0 aliphatic carbocycles. The Bertz CT molecular complexity index is 1680. The number of pyridine rings is 1. The van der Waals surface area contributed by atoms with Gasteiger partial charge in [0.15, 0.2) is 6.29 Å². The van der Waals surface area contributed by atoms with Crippen LogP contribution in [0.1, 0.15) is 42.2 Å². The topological polar surface area (TPSA) is 154 Å². The molecule has 2 aromatic carbocycles. The molecule has 4 heterocycles. The van der Waals surface area contributed by atoms with Crippen LogP contribution in [0, 0.1) is 5.92 Å². The van der Waals surface area contributed by atoms with Crippen LogP contribution in [0.5, 0.6) is 5.75 Å². The van der Waals surface area contributed by atoms with Gasteiger partial charge in [-0.15, -0.1) is 11.3 Å². The smallest absolute Gasteiger partial charge is 0.422 e. The number of unbranched alkanes of at least 4 members (excludes halogenated alkanes) is 1. The molecule has 2 aliphatic rings. The summed E-state index contributed by atoms with van der Waals surface area (Å²) in [7, 11) is 0. The van der Waals surface area contributed by atoms with Gasteiger partial charge in [-0.05, 0) is 54.7 Å². The number of hydrogen-bond donors (Lipinski definition) is 3. The molecule has 0 spiro atoms. The number of hydrazine groups is 1. The number of nitrogens with one attached hydrogen (secondary N) is 2. The molecule has 2 amide bonds. The fourth-order valence-electron chi connectivity index (χ4n) is 6.11. The molecule has 2 aromatic heterocycles. The highest BCUT2D eigenvalue weighted by Gasteiger charge is 2.44. The molecule has 5 atom stereocenters. The third kappa shape index (κ3) is 10.7. The lowest BCUT2D eigenvalue weighted by Crippen LogP contribution is -2.53. The van der Waals surface area contributed by atoms with Crippen LogP contribution in [0.4, 0.5) is 9.59 Å². The second-order valence-corrected chi connectivity index (χ2v) is 13.8. The molecular weight excluding hydrogens is 687 g/mol. The Morgan fingerprint density at radius 3 is 2.63 bits per heavy atom. The highest BCUT2D eigenvalue weighted by Crippen LogP contribution is 2.33. The Morgan fingerprint density at radius 1 is 1.06 bits per heavy atom. The van der Waals surface area contributed by atoms with E-state index in [0.29, 0.717) is 13.2 Å². The number of nitrogens with zero attached hydrogens (tertiary/aromatic N) is 3. The van der Waals surface area contributed by atoms with Crippen LogP contribution >= 0.6 is 11.3 Å². The molecule has 52 heavy (non-hydrogen) atoms. The number of thiazole rings is 1. The van der Waals surface area contributed by atoms with E-state index in [4.69, 9.17) is 23.7 Å². The quantitative estimate of drug-likeness (QED) is 0.0934. The van der Waals surface area contributed by atoms with E-state index in [9.17, 15) is 14.7 Å². The first-order chi connectivity index (χ1) is 25.4. The summed E-state index contributed by atoms with van der Waals surface area (Å²) >= 11 is 1.38. The van der Waals surface area contributed by atoms with Gasteiger partial charge in [-0.2, -0.15) is 0 Å². The summed E-state index contributed by atoms with van der Waals surface area (Å²) in [6.45, 7) is 3.77. The van der Waals surface area contributed by atoms with Crippen molar-refractivity contribution in [2.24, 2.45) is 5.92 Å². The van der Waals surface area contributed by atoms with Gasteiger partial charge in [0.05, 0.1) is 54.0 Å². The number of carbonyl (C=O) groups is 2. The highest BCUT2D eigenvalue weighted by molar-refractivity contribution is 7.09. The number of aliphatic hydroxyl groups is 1. The SMILES string of the molecule is CCCCOc1ccc(CC(NC(=O)OC2COC3OCCC23)C(O)CN(Cc2ccc(-c3ccccn3)cc2)NC(=O)OCc2cncs2)cc1. The summed E-state index contributed by atoms with van der Waals surface area (Å²) in [6.07, 6.45) is 3.06. The van der Waals surface area contributed by atoms with Crippen LogP contribution in [0.15, 0.2) is 84.6 Å². The number of carbonyl (C=O) groups excluding carboxylic acids is 2. The number of aromatic nitrogens is 2. The van der Waals surface area contributed by atoms with E-state index in [1.165, 1.54) is 11.3 Å². The molecule has 6 rings (SSSR count). The van der Waals surface area contributed by atoms with Gasteiger partial charge >= 0.3 is 12.2 Å². The number of amides is 2. The summed E-state index contributed by atoms with van der Waals surface area (Å²) in [4.78, 5) is 35.6. The maximum atomic E-state index is 13.3. The third-order valence-corrected chi connectivity index (χ3v) is 9.68. The third-order valence-electron chi connectivity index (χ3n) is 8.93. The summed E-state index contributed by atoms with van der Waals surface area (Å²) in [5.74, 6) is 0.714. The minimum absolute atomic E-state index is 0.0332. The molecule has 0 bridgehead atoms. The lowest BCUT2D eigenvalue weighted by Gasteiger charge is -2.30. The van der Waals surface area contributed by atoms with Crippen LogP contribution in [0.2, 0.25) is 0 Å². The fourth-order valence-corrected chi connectivity index (χ4v) is 6.62. The van der Waals surface area contributed by atoms with Crippen LogP contribution in [0.3, 0.4) is 0 Å². The summed E-state index contributed by atoms with van der Waals surface area (Å²) in [5.41, 5.74) is 7.97. The van der Waals surface area contributed by atoms with Crippen molar-refractivity contribution in [1.29, 1.82) is 0 Å². The van der Waals surface area contributed by atoms with Crippen LogP contribution in [-0.2, 0) is 38.5 Å². The molecule has 2 aliphatic heterocycles. The van der Waals surface area contributed by atoms with Gasteiger partial charge in [0.1, 0.15) is 18.5 Å². The normalized spacial score (nSPS) is 19.1. The van der Waals surface area contributed by atoms with E-state index in [1.807, 2.05) is 66.7 Å². The van der Waals surface area contributed by atoms with Crippen molar-refractivity contribution in [2.75, 3.05) is 26.4 Å². The van der Waals surface area contributed by atoms with Gasteiger partial charge in [-0.3, -0.25) is 15.4 Å². The predicted octanol–water partition coefficient (Wildman–Crippen LogP) is 5.49. The summed E-state index contributed by atoms with van der Waals surface area (Å²) in [6, 6.07) is 20.3. The maximum absolute atomic E-state index is 13.3. The molecule has 2 fully saturated rings. The average Bonchev–Trinajstić information content (AvgIpc) is 3.93. The number of alkyl carbamates (subject to hydrolysis) is 1. The van der Waals surface area contributed by atoms with Gasteiger partial charge < -0.3 is 34.1 Å². The van der Waals surface area contributed by atoms with Crippen molar-refractivity contribution >= 4 is 23.5 Å². The highest BCUT2D eigenvalue weighted by atomic mass is 32.1. The monoisotopic (exact) mass is 731 g/mol. The Morgan fingerprint density at radius 2 is 1.88 bits per heavy atom. The average molecular weight is 732 g/mol. The summed E-state index contributed by atoms with van der Waals surface area (Å²) < 4.78 is 28.3. The molecule has 2 saturated heterocycles. The Balaban J connectivity index is 1.16. The first kappa shape index (κ1) is 37.2. The zero-order valence-electron chi connectivity index (χ0n) is 29.1. The Kier molecular flexibility index (Phi) is 13.4. The first-order valence-electron chi connectivity index (χ1n) is 17.6. The van der Waals surface area contributed by atoms with Crippen molar-refractivity contribution in [2.45, 2.75) is 70.3 Å². The van der Waals surface area contributed by atoms with Gasteiger partial charge in [0.2, 0.25) is 0 Å². The first-order valence-corrected chi connectivity index (χ1v) is 18.5. The summed E-state index contributed by atoms with van der Waals surface area (Å²) in [5, 5.41) is 16.2. The number of hydrogen-bond acceptors (Lipinski definition) is 12. The predicted molar refractivity (Wildman–Crippen MR) is 193 cm³/mol. The minimum atomic E-state index is -1.15. The van der Waals surface area contributed by atoms with Crippen LogP contribution in [-0.4, -0.2) is 83.2 Å². The minimum Gasteiger partial charge on any atom is -0.494 e. The van der Waals surface area contributed by atoms with E-state index in [0.717, 1.165) is 52.3 Å². The second kappa shape index (κ2) is 18.8. The van der Waals surface area contributed by atoms with Crippen molar-refractivity contribution in [3.8, 4) is 17.0 Å². The molecule has 0 saturated carbocycles. The molecule has 5 unspecified atom stereocenters. The van der Waals surface area contributed by atoms with E-state index in [1.54, 1.807) is 22.9 Å². The molecular formula is C38H45N5O8S. The van der Waals surface area contributed by atoms with Crippen molar-refractivity contribution < 1.29 is 38.4 Å². The molecule has 14 heteroatoms. The maximum Gasteiger partial charge on any atom is 0.422 e. The standard InChI is InChI=1S/C38H45N5O8S/c1-2-3-17-47-29-13-9-26(10-14-29)19-33(41-37(45)51-35-24-49-36-31(35)15-18-48-36)34(44)22-43(42-38(46)50-23-30-20-39-25-52-30)21-27-7-11-28(12-8-27)32-6-4-5-16-40-32/h4-14,16,20,25,31,33-36,44H,2-3,15,17-19,21-24H2,1H3,(H,41,45)(H,42,46). The van der Waals surface area contributed by atoms with Crippen molar-refractivity contribution in [3.05, 3.63) is 101 Å². The number of aliphatic hydroxyl groups excluding tert-OH is 1. The van der Waals surface area contributed by atoms with Gasteiger partial charge in [-0.1, -0.05) is 55.8 Å². The van der Waals surface area contributed by atoms with E-state index in [2.05, 4.69) is 27.6 Å². The Hall–Kier alpha value is -4.60. The second-order valence-electron chi connectivity index (χ2n) is 12.8. The van der Waals surface area contributed by atoms with Gasteiger partial charge in [0.25, 0.3) is 0 Å². The van der Waals surface area contributed by atoms with E-state index >= 15 is 0 Å². The van der Waals surface area contributed by atoms with Crippen molar-refractivity contribution in [1.82, 2.24) is 25.7 Å². The Labute approximate surface area is 307 Å². The number of rotatable bonds is 17. The van der Waals surface area contributed by atoms with Crippen LogP contribution in [0.25, 0.3) is 11.3 Å². The molecule has 13 nitrogen and oxygen atoms in total. The van der Waals surface area contributed by atoms with Crippen molar-refractivity contribution in [3.63, 3.8) is 0 Å². The number of fused-ring (bicyclic) bond motifs is 1. The lowest BCUT2D eigenvalue weighted by atomic mass is 10.0.